The second-order valence-electron chi connectivity index (χ2n) is 5.04. The van der Waals surface area contributed by atoms with E-state index in [-0.39, 0.29) is 0 Å². The van der Waals surface area contributed by atoms with Gasteiger partial charge in [-0.25, -0.2) is 9.97 Å². The maximum Gasteiger partial charge on any atom is 0.225 e. The predicted molar refractivity (Wildman–Crippen MR) is 92.9 cm³/mol. The predicted octanol–water partition coefficient (Wildman–Crippen LogP) is 3.75. The fourth-order valence-electron chi connectivity index (χ4n) is 1.98. The molecule has 2 aromatic heterocycles. The van der Waals surface area contributed by atoms with Crippen molar-refractivity contribution in [3.63, 3.8) is 0 Å². The number of nitrogens with one attached hydrogen (secondary N) is 1. The Morgan fingerprint density at radius 2 is 2.24 bits per heavy atom. The number of halogens is 1. The molecule has 4 nitrogen and oxygen atoms in total. The van der Waals surface area contributed by atoms with Gasteiger partial charge in [0.15, 0.2) is 0 Å². The first-order chi connectivity index (χ1) is 10.1. The van der Waals surface area contributed by atoms with Gasteiger partial charge in [-0.3, -0.25) is 0 Å². The molecular formula is C15H21BrN4S. The first-order valence-corrected chi connectivity index (χ1v) is 8.74. The van der Waals surface area contributed by atoms with Crippen LogP contribution in [0.3, 0.4) is 0 Å². The van der Waals surface area contributed by atoms with Crippen LogP contribution in [0, 0.1) is 6.92 Å². The number of hydrogen-bond acceptors (Lipinski definition) is 5. The minimum absolute atomic E-state index is 0.774. The summed E-state index contributed by atoms with van der Waals surface area (Å²) in [5.41, 5.74) is 2.21. The Kier molecular flexibility index (Phi) is 6.14. The monoisotopic (exact) mass is 368 g/mol. The standard InChI is InChI=1S/C15H21BrN4S/c1-4-5-17-7-12-8-18-15(19-11(12)2)20(3)9-14-6-13(16)10-21-14/h6,8,10,17H,4-5,7,9H2,1-3H3. The summed E-state index contributed by atoms with van der Waals surface area (Å²) >= 11 is 5.22. The molecule has 6 heteroatoms. The van der Waals surface area contributed by atoms with Gasteiger partial charge in [0.25, 0.3) is 0 Å². The summed E-state index contributed by atoms with van der Waals surface area (Å²) in [5.74, 6) is 0.774. The largest absolute Gasteiger partial charge is 0.339 e. The van der Waals surface area contributed by atoms with Gasteiger partial charge in [-0.15, -0.1) is 11.3 Å². The van der Waals surface area contributed by atoms with E-state index in [0.717, 1.165) is 42.2 Å². The smallest absolute Gasteiger partial charge is 0.225 e. The van der Waals surface area contributed by atoms with Gasteiger partial charge in [-0.2, -0.15) is 0 Å². The van der Waals surface area contributed by atoms with Gasteiger partial charge in [-0.1, -0.05) is 6.92 Å². The minimum atomic E-state index is 0.774. The van der Waals surface area contributed by atoms with Gasteiger partial charge in [0.1, 0.15) is 0 Å². The van der Waals surface area contributed by atoms with Crippen LogP contribution in [-0.4, -0.2) is 23.6 Å². The second kappa shape index (κ2) is 7.87. The van der Waals surface area contributed by atoms with Crippen LogP contribution in [0.15, 0.2) is 22.1 Å². The van der Waals surface area contributed by atoms with Crippen molar-refractivity contribution in [1.82, 2.24) is 15.3 Å². The zero-order chi connectivity index (χ0) is 15.2. The summed E-state index contributed by atoms with van der Waals surface area (Å²) in [6.07, 6.45) is 3.07. The Morgan fingerprint density at radius 1 is 1.43 bits per heavy atom. The number of rotatable bonds is 7. The first-order valence-electron chi connectivity index (χ1n) is 7.07. The molecule has 0 atom stereocenters. The van der Waals surface area contributed by atoms with Gasteiger partial charge in [0.05, 0.1) is 6.54 Å². The van der Waals surface area contributed by atoms with E-state index in [1.165, 1.54) is 10.4 Å². The summed E-state index contributed by atoms with van der Waals surface area (Å²) in [5, 5.41) is 5.48. The van der Waals surface area contributed by atoms with E-state index in [2.05, 4.69) is 54.5 Å². The molecule has 0 amide bonds. The maximum atomic E-state index is 4.62. The van der Waals surface area contributed by atoms with Crippen molar-refractivity contribution < 1.29 is 0 Å². The molecule has 0 spiro atoms. The first kappa shape index (κ1) is 16.4. The zero-order valence-corrected chi connectivity index (χ0v) is 15.1. The number of thiophene rings is 1. The molecule has 1 N–H and O–H groups in total. The van der Waals surface area contributed by atoms with Gasteiger partial charge < -0.3 is 10.2 Å². The highest BCUT2D eigenvalue weighted by molar-refractivity contribution is 9.10. The van der Waals surface area contributed by atoms with Crippen LogP contribution in [0.25, 0.3) is 0 Å². The van der Waals surface area contributed by atoms with E-state index in [1.807, 2.05) is 20.2 Å². The Balaban J connectivity index is 2.01. The van der Waals surface area contributed by atoms with Gasteiger partial charge in [-0.05, 0) is 41.9 Å². The van der Waals surface area contributed by atoms with Crippen LogP contribution in [0.1, 0.15) is 29.5 Å². The Hall–Kier alpha value is -0.980. The van der Waals surface area contributed by atoms with E-state index in [4.69, 9.17) is 0 Å². The molecule has 0 aliphatic rings. The van der Waals surface area contributed by atoms with Gasteiger partial charge in [0, 0.05) is 45.8 Å². The van der Waals surface area contributed by atoms with E-state index in [0.29, 0.717) is 0 Å². The lowest BCUT2D eigenvalue weighted by Gasteiger charge is -2.17. The SMILES string of the molecule is CCCNCc1cnc(N(C)Cc2cc(Br)cs2)nc1C. The highest BCUT2D eigenvalue weighted by Crippen LogP contribution is 2.22. The van der Waals surface area contributed by atoms with Crippen LogP contribution in [0.5, 0.6) is 0 Å². The third-order valence-electron chi connectivity index (χ3n) is 3.17. The molecule has 0 aliphatic carbocycles. The lowest BCUT2D eigenvalue weighted by Crippen LogP contribution is -2.20. The van der Waals surface area contributed by atoms with Crippen molar-refractivity contribution in [2.75, 3.05) is 18.5 Å². The molecule has 0 saturated carbocycles. The van der Waals surface area contributed by atoms with E-state index < -0.39 is 0 Å². The number of nitrogens with zero attached hydrogens (tertiary/aromatic N) is 3. The lowest BCUT2D eigenvalue weighted by atomic mass is 10.2. The molecule has 0 radical (unpaired) electrons. The molecule has 114 valence electrons. The molecule has 21 heavy (non-hydrogen) atoms. The number of anilines is 1. The van der Waals surface area contributed by atoms with Gasteiger partial charge in [0.2, 0.25) is 5.95 Å². The third-order valence-corrected chi connectivity index (χ3v) is 4.85. The summed E-state index contributed by atoms with van der Waals surface area (Å²) in [6.45, 7) is 6.89. The van der Waals surface area contributed by atoms with Crippen molar-refractivity contribution >= 4 is 33.2 Å². The Bertz CT molecular complexity index is 585. The molecule has 0 unspecified atom stereocenters. The molecule has 2 rings (SSSR count). The second-order valence-corrected chi connectivity index (χ2v) is 6.96. The fourth-order valence-corrected chi connectivity index (χ4v) is 3.48. The topological polar surface area (TPSA) is 41.1 Å². The van der Waals surface area contributed by atoms with Crippen molar-refractivity contribution in [3.05, 3.63) is 38.3 Å². The number of aryl methyl sites for hydroxylation is 1. The highest BCUT2D eigenvalue weighted by Gasteiger charge is 2.09. The lowest BCUT2D eigenvalue weighted by molar-refractivity contribution is 0.668. The van der Waals surface area contributed by atoms with Crippen LogP contribution < -0.4 is 10.2 Å². The van der Waals surface area contributed by atoms with Crippen LogP contribution in [-0.2, 0) is 13.1 Å². The van der Waals surface area contributed by atoms with Crippen molar-refractivity contribution in [3.8, 4) is 0 Å². The van der Waals surface area contributed by atoms with Crippen molar-refractivity contribution in [2.45, 2.75) is 33.4 Å². The average Bonchev–Trinajstić information content (AvgIpc) is 2.86. The fraction of sp³-hybridized carbons (Fsp3) is 0.467. The van der Waals surface area contributed by atoms with Crippen LogP contribution >= 0.6 is 27.3 Å². The molecule has 2 heterocycles. The Labute approximate surface area is 138 Å². The summed E-state index contributed by atoms with van der Waals surface area (Å²) in [7, 11) is 2.03. The normalized spacial score (nSPS) is 10.9. The number of aromatic nitrogens is 2. The summed E-state index contributed by atoms with van der Waals surface area (Å²) in [4.78, 5) is 12.5. The summed E-state index contributed by atoms with van der Waals surface area (Å²) in [6, 6.07) is 2.14. The molecule has 0 aliphatic heterocycles. The van der Waals surface area contributed by atoms with Gasteiger partial charge >= 0.3 is 0 Å². The average molecular weight is 369 g/mol. The molecule has 2 aromatic rings. The van der Waals surface area contributed by atoms with Crippen LogP contribution in [0.2, 0.25) is 0 Å². The molecule has 0 fully saturated rings. The molecule has 0 aromatic carbocycles. The van der Waals surface area contributed by atoms with Crippen LogP contribution in [0.4, 0.5) is 5.95 Å². The molecule has 0 bridgehead atoms. The quantitative estimate of drug-likeness (QED) is 0.755. The minimum Gasteiger partial charge on any atom is -0.339 e. The zero-order valence-electron chi connectivity index (χ0n) is 12.7. The summed E-state index contributed by atoms with van der Waals surface area (Å²) < 4.78 is 1.13. The maximum absolute atomic E-state index is 4.62. The molecule has 0 saturated heterocycles. The van der Waals surface area contributed by atoms with Crippen molar-refractivity contribution in [2.24, 2.45) is 0 Å². The Morgan fingerprint density at radius 3 is 2.86 bits per heavy atom. The highest BCUT2D eigenvalue weighted by atomic mass is 79.9. The van der Waals surface area contributed by atoms with E-state index in [9.17, 15) is 0 Å². The third kappa shape index (κ3) is 4.76. The van der Waals surface area contributed by atoms with E-state index >= 15 is 0 Å². The number of hydrogen-bond donors (Lipinski definition) is 1. The molecular weight excluding hydrogens is 348 g/mol. The van der Waals surface area contributed by atoms with E-state index in [1.54, 1.807) is 11.3 Å². The van der Waals surface area contributed by atoms with Crippen molar-refractivity contribution in [1.29, 1.82) is 0 Å².